The molecule has 0 saturated heterocycles. The van der Waals surface area contributed by atoms with E-state index in [-0.39, 0.29) is 5.91 Å². The molecule has 2 heterocycles. The van der Waals surface area contributed by atoms with Crippen molar-refractivity contribution in [3.8, 4) is 0 Å². The number of anilines is 1. The molecule has 2 aromatic heterocycles. The summed E-state index contributed by atoms with van der Waals surface area (Å²) in [6.45, 7) is 6.03. The molecule has 24 heavy (non-hydrogen) atoms. The van der Waals surface area contributed by atoms with Crippen LogP contribution in [0.5, 0.6) is 0 Å². The molecule has 124 valence electrons. The lowest BCUT2D eigenvalue weighted by molar-refractivity contribution is 0.102. The number of amides is 1. The van der Waals surface area contributed by atoms with Crippen LogP contribution in [0.15, 0.2) is 34.7 Å². The minimum atomic E-state index is -0.122. The van der Waals surface area contributed by atoms with Gasteiger partial charge in [0.2, 0.25) is 5.13 Å². The van der Waals surface area contributed by atoms with Gasteiger partial charge in [-0.3, -0.25) is 10.1 Å². The largest absolute Gasteiger partial charge is 0.296 e. The molecule has 3 aromatic rings. The van der Waals surface area contributed by atoms with Gasteiger partial charge in [-0.2, -0.15) is 0 Å². The van der Waals surface area contributed by atoms with Crippen LogP contribution in [0.2, 0.25) is 0 Å². The average Bonchev–Trinajstić information content (AvgIpc) is 3.12. The molecule has 0 saturated carbocycles. The lowest BCUT2D eigenvalue weighted by Crippen LogP contribution is -2.11. The summed E-state index contributed by atoms with van der Waals surface area (Å²) in [7, 11) is 0. The number of benzene rings is 1. The fourth-order valence-corrected chi connectivity index (χ4v) is 4.79. The molecule has 0 fully saturated rings. The summed E-state index contributed by atoms with van der Waals surface area (Å²) in [6, 6.07) is 10.4. The Balaban J connectivity index is 1.60. The predicted octanol–water partition coefficient (Wildman–Crippen LogP) is 5.07. The molecule has 0 aliphatic carbocycles. The van der Waals surface area contributed by atoms with Crippen LogP contribution in [-0.4, -0.2) is 16.1 Å². The van der Waals surface area contributed by atoms with E-state index in [1.165, 1.54) is 22.5 Å². The molecule has 0 atom stereocenters. The van der Waals surface area contributed by atoms with Gasteiger partial charge in [0.1, 0.15) is 0 Å². The monoisotopic (exact) mass is 375 g/mol. The number of thiophene rings is 1. The van der Waals surface area contributed by atoms with Crippen LogP contribution in [0.1, 0.15) is 31.2 Å². The molecule has 0 radical (unpaired) electrons. The molecular weight excluding hydrogens is 358 g/mol. The highest BCUT2D eigenvalue weighted by Gasteiger charge is 2.14. The Morgan fingerprint density at radius 3 is 2.54 bits per heavy atom. The van der Waals surface area contributed by atoms with Crippen molar-refractivity contribution >= 4 is 45.5 Å². The van der Waals surface area contributed by atoms with E-state index < -0.39 is 0 Å². The third-order valence-corrected chi connectivity index (χ3v) is 6.40. The van der Waals surface area contributed by atoms with E-state index in [1.807, 2.05) is 19.9 Å². The SMILES string of the molecule is Cc1ccc(CSc2nnc(NC(=O)c3cc(C)sc3C)s2)cc1. The van der Waals surface area contributed by atoms with E-state index in [0.29, 0.717) is 10.7 Å². The van der Waals surface area contributed by atoms with E-state index >= 15 is 0 Å². The van der Waals surface area contributed by atoms with Crippen LogP contribution in [-0.2, 0) is 5.75 Å². The van der Waals surface area contributed by atoms with Crippen LogP contribution < -0.4 is 5.32 Å². The molecule has 4 nitrogen and oxygen atoms in total. The second-order valence-corrected chi connectivity index (χ2v) is 9.09. The minimum Gasteiger partial charge on any atom is -0.296 e. The first kappa shape index (κ1) is 17.1. The number of nitrogens with one attached hydrogen (secondary N) is 1. The molecule has 0 unspecified atom stereocenters. The number of rotatable bonds is 5. The lowest BCUT2D eigenvalue weighted by atomic mass is 10.2. The molecule has 1 N–H and O–H groups in total. The zero-order chi connectivity index (χ0) is 17.1. The maximum absolute atomic E-state index is 12.3. The number of thioether (sulfide) groups is 1. The molecule has 7 heteroatoms. The molecular formula is C17H17N3OS3. The number of aromatic nitrogens is 2. The second-order valence-electron chi connectivity index (χ2n) is 5.43. The summed E-state index contributed by atoms with van der Waals surface area (Å²) in [5.41, 5.74) is 3.21. The zero-order valence-corrected chi connectivity index (χ0v) is 16.1. The number of nitrogens with zero attached hydrogens (tertiary/aromatic N) is 2. The van der Waals surface area contributed by atoms with Gasteiger partial charge in [-0.15, -0.1) is 21.5 Å². The van der Waals surface area contributed by atoms with E-state index in [4.69, 9.17) is 0 Å². The van der Waals surface area contributed by atoms with Gasteiger partial charge in [-0.25, -0.2) is 0 Å². The quantitative estimate of drug-likeness (QED) is 0.500. The fourth-order valence-electron chi connectivity index (χ4n) is 2.17. The van der Waals surface area contributed by atoms with Gasteiger partial charge >= 0.3 is 0 Å². The molecule has 0 spiro atoms. The Labute approximate surface area is 153 Å². The molecule has 1 amide bonds. The third kappa shape index (κ3) is 4.23. The third-order valence-electron chi connectivity index (χ3n) is 3.40. The van der Waals surface area contributed by atoms with Gasteiger partial charge in [0, 0.05) is 15.5 Å². The Morgan fingerprint density at radius 1 is 1.12 bits per heavy atom. The number of hydrogen-bond donors (Lipinski definition) is 1. The smallest absolute Gasteiger partial charge is 0.258 e. The number of carbonyl (C=O) groups excluding carboxylic acids is 1. The van der Waals surface area contributed by atoms with Crippen LogP contribution in [0.25, 0.3) is 0 Å². The molecule has 0 aliphatic heterocycles. The van der Waals surface area contributed by atoms with Crippen molar-refractivity contribution in [2.45, 2.75) is 30.9 Å². The van der Waals surface area contributed by atoms with Crippen molar-refractivity contribution < 1.29 is 4.79 Å². The zero-order valence-electron chi connectivity index (χ0n) is 13.6. The van der Waals surface area contributed by atoms with Gasteiger partial charge in [0.15, 0.2) is 4.34 Å². The normalized spacial score (nSPS) is 10.8. The van der Waals surface area contributed by atoms with Crippen LogP contribution in [0.3, 0.4) is 0 Å². The summed E-state index contributed by atoms with van der Waals surface area (Å²) >= 11 is 4.65. The summed E-state index contributed by atoms with van der Waals surface area (Å²) in [5.74, 6) is 0.717. The predicted molar refractivity (Wildman–Crippen MR) is 102 cm³/mol. The number of hydrogen-bond acceptors (Lipinski definition) is 6. The maximum atomic E-state index is 12.3. The van der Waals surface area contributed by atoms with Gasteiger partial charge in [-0.1, -0.05) is 52.9 Å². The van der Waals surface area contributed by atoms with Crippen molar-refractivity contribution in [2.75, 3.05) is 5.32 Å². The summed E-state index contributed by atoms with van der Waals surface area (Å²) in [5, 5.41) is 11.6. The average molecular weight is 376 g/mol. The Bertz CT molecular complexity index is 852. The van der Waals surface area contributed by atoms with Crippen LogP contribution >= 0.6 is 34.4 Å². The number of aryl methyl sites for hydroxylation is 3. The van der Waals surface area contributed by atoms with E-state index in [9.17, 15) is 4.79 Å². The number of carbonyl (C=O) groups is 1. The highest BCUT2D eigenvalue weighted by molar-refractivity contribution is 8.00. The first-order chi connectivity index (χ1) is 11.5. The van der Waals surface area contributed by atoms with Gasteiger partial charge in [-0.05, 0) is 32.4 Å². The highest BCUT2D eigenvalue weighted by atomic mass is 32.2. The van der Waals surface area contributed by atoms with Crippen molar-refractivity contribution in [3.63, 3.8) is 0 Å². The van der Waals surface area contributed by atoms with Crippen molar-refractivity contribution in [3.05, 3.63) is 56.8 Å². The topological polar surface area (TPSA) is 54.9 Å². The fraction of sp³-hybridized carbons (Fsp3) is 0.235. The van der Waals surface area contributed by atoms with Gasteiger partial charge in [0.25, 0.3) is 5.91 Å². The summed E-state index contributed by atoms with van der Waals surface area (Å²) in [6.07, 6.45) is 0. The van der Waals surface area contributed by atoms with E-state index in [0.717, 1.165) is 19.8 Å². The summed E-state index contributed by atoms with van der Waals surface area (Å²) < 4.78 is 0.851. The van der Waals surface area contributed by atoms with Crippen molar-refractivity contribution in [2.24, 2.45) is 0 Å². The lowest BCUT2D eigenvalue weighted by Gasteiger charge is -2.00. The standard InChI is InChI=1S/C17H17N3OS3/c1-10-4-6-13(7-5-10)9-22-17-20-19-16(24-17)18-15(21)14-8-11(2)23-12(14)3/h4-8H,9H2,1-3H3,(H,18,19,21). The van der Waals surface area contributed by atoms with Crippen LogP contribution in [0.4, 0.5) is 5.13 Å². The first-order valence-electron chi connectivity index (χ1n) is 7.41. The van der Waals surface area contributed by atoms with Crippen LogP contribution in [0, 0.1) is 20.8 Å². The summed E-state index contributed by atoms with van der Waals surface area (Å²) in [4.78, 5) is 14.4. The van der Waals surface area contributed by atoms with E-state index in [2.05, 4.69) is 46.7 Å². The Morgan fingerprint density at radius 2 is 1.88 bits per heavy atom. The molecule has 3 rings (SSSR count). The Kier molecular flexibility index (Phi) is 5.33. The second kappa shape index (κ2) is 7.46. The minimum absolute atomic E-state index is 0.122. The first-order valence-corrected chi connectivity index (χ1v) is 10.0. The van der Waals surface area contributed by atoms with Gasteiger partial charge in [0.05, 0.1) is 5.56 Å². The maximum Gasteiger partial charge on any atom is 0.258 e. The van der Waals surface area contributed by atoms with Crippen molar-refractivity contribution in [1.29, 1.82) is 0 Å². The van der Waals surface area contributed by atoms with Gasteiger partial charge < -0.3 is 0 Å². The Hall–Kier alpha value is -1.70. The highest BCUT2D eigenvalue weighted by Crippen LogP contribution is 2.29. The molecule has 0 aliphatic rings. The molecule has 1 aromatic carbocycles. The van der Waals surface area contributed by atoms with Crippen molar-refractivity contribution in [1.82, 2.24) is 10.2 Å². The molecule has 0 bridgehead atoms. The van der Waals surface area contributed by atoms with E-state index in [1.54, 1.807) is 23.1 Å².